The van der Waals surface area contributed by atoms with Crippen molar-refractivity contribution in [3.8, 4) is 0 Å². The molecule has 6 nitrogen and oxygen atoms in total. The molecule has 2 rings (SSSR count). The minimum Gasteiger partial charge on any atom is -0.352 e. The maximum absolute atomic E-state index is 11.9. The highest BCUT2D eigenvalue weighted by Crippen LogP contribution is 2.17. The molecule has 0 saturated carbocycles. The molecule has 0 radical (unpaired) electrons. The van der Waals surface area contributed by atoms with E-state index in [0.29, 0.717) is 0 Å². The second-order valence-corrected chi connectivity index (χ2v) is 4.81. The Bertz CT molecular complexity index is 583. The molecule has 0 aliphatic heterocycles. The van der Waals surface area contributed by atoms with Gasteiger partial charge in [-0.05, 0) is 27.2 Å². The molecule has 0 unspecified atom stereocenters. The summed E-state index contributed by atoms with van der Waals surface area (Å²) in [6, 6.07) is 0.193. The summed E-state index contributed by atoms with van der Waals surface area (Å²) >= 11 is 0. The molecule has 0 bridgehead atoms. The van der Waals surface area contributed by atoms with Crippen LogP contribution < -0.4 is 5.32 Å². The SMILES string of the molecule is CC[C@@H](C)NC(=O)Cn1ncc2c1c(C)nn2CC. The second-order valence-electron chi connectivity index (χ2n) is 4.81. The quantitative estimate of drug-likeness (QED) is 0.888. The lowest BCUT2D eigenvalue weighted by atomic mass is 10.2. The number of carbonyl (C=O) groups is 1. The number of carbonyl (C=O) groups excluding carboxylic acids is 1. The first-order chi connectivity index (χ1) is 9.06. The van der Waals surface area contributed by atoms with E-state index in [9.17, 15) is 4.79 Å². The van der Waals surface area contributed by atoms with Crippen LogP contribution in [0.1, 0.15) is 32.9 Å². The van der Waals surface area contributed by atoms with Crippen LogP contribution >= 0.6 is 0 Å². The standard InChI is InChI=1S/C13H21N5O/c1-5-9(3)15-12(19)8-18-13-10(4)16-17(6-2)11(13)7-14-18/h7,9H,5-6,8H2,1-4H3,(H,15,19)/t9-/m1/s1. The summed E-state index contributed by atoms with van der Waals surface area (Å²) in [5.41, 5.74) is 2.84. The van der Waals surface area contributed by atoms with Gasteiger partial charge in [-0.1, -0.05) is 6.92 Å². The number of nitrogens with one attached hydrogen (secondary N) is 1. The van der Waals surface area contributed by atoms with Gasteiger partial charge in [-0.15, -0.1) is 0 Å². The molecule has 2 aromatic heterocycles. The lowest BCUT2D eigenvalue weighted by molar-refractivity contribution is -0.122. The predicted octanol–water partition coefficient (Wildman–Crippen LogP) is 1.48. The van der Waals surface area contributed by atoms with Gasteiger partial charge in [0.1, 0.15) is 17.6 Å². The lowest BCUT2D eigenvalue weighted by Crippen LogP contribution is -2.34. The maximum Gasteiger partial charge on any atom is 0.241 e. The van der Waals surface area contributed by atoms with E-state index in [0.717, 1.165) is 29.7 Å². The molecular weight excluding hydrogens is 242 g/mol. The highest BCUT2D eigenvalue weighted by molar-refractivity contribution is 5.81. The first kappa shape index (κ1) is 13.6. The van der Waals surface area contributed by atoms with Crippen LogP contribution in [0.15, 0.2) is 6.20 Å². The third-order valence-corrected chi connectivity index (χ3v) is 3.32. The van der Waals surface area contributed by atoms with Crippen LogP contribution in [0.3, 0.4) is 0 Å². The van der Waals surface area contributed by atoms with Crippen LogP contribution in [-0.4, -0.2) is 31.5 Å². The summed E-state index contributed by atoms with van der Waals surface area (Å²) < 4.78 is 3.63. The number of aromatic nitrogens is 4. The van der Waals surface area contributed by atoms with Crippen molar-refractivity contribution < 1.29 is 4.79 Å². The van der Waals surface area contributed by atoms with Gasteiger partial charge in [-0.25, -0.2) is 0 Å². The van der Waals surface area contributed by atoms with Crippen LogP contribution in [0.5, 0.6) is 0 Å². The van der Waals surface area contributed by atoms with Crippen molar-refractivity contribution in [2.24, 2.45) is 0 Å². The van der Waals surface area contributed by atoms with Crippen molar-refractivity contribution in [1.82, 2.24) is 24.9 Å². The molecule has 2 aromatic rings. The van der Waals surface area contributed by atoms with Gasteiger partial charge in [0, 0.05) is 12.6 Å². The summed E-state index contributed by atoms with van der Waals surface area (Å²) in [5.74, 6) is -0.0111. The van der Waals surface area contributed by atoms with Gasteiger partial charge in [0.2, 0.25) is 5.91 Å². The number of fused-ring (bicyclic) bond motifs is 1. The van der Waals surface area contributed by atoms with Gasteiger partial charge in [-0.2, -0.15) is 10.2 Å². The minimum atomic E-state index is -0.0111. The lowest BCUT2D eigenvalue weighted by Gasteiger charge is -2.11. The minimum absolute atomic E-state index is 0.0111. The smallest absolute Gasteiger partial charge is 0.241 e. The molecule has 19 heavy (non-hydrogen) atoms. The molecule has 0 spiro atoms. The van der Waals surface area contributed by atoms with Crippen molar-refractivity contribution in [3.05, 3.63) is 11.9 Å². The molecule has 0 saturated heterocycles. The van der Waals surface area contributed by atoms with E-state index in [1.807, 2.05) is 32.4 Å². The van der Waals surface area contributed by atoms with E-state index in [2.05, 4.69) is 15.5 Å². The Hall–Kier alpha value is -1.85. The Kier molecular flexibility index (Phi) is 3.87. The average molecular weight is 263 g/mol. The number of nitrogens with zero attached hydrogens (tertiary/aromatic N) is 4. The molecule has 1 atom stereocenters. The zero-order valence-electron chi connectivity index (χ0n) is 12.0. The highest BCUT2D eigenvalue weighted by Gasteiger charge is 2.15. The fourth-order valence-electron chi connectivity index (χ4n) is 2.14. The Labute approximate surface area is 112 Å². The summed E-state index contributed by atoms with van der Waals surface area (Å²) in [7, 11) is 0. The van der Waals surface area contributed by atoms with Crippen molar-refractivity contribution in [3.63, 3.8) is 0 Å². The monoisotopic (exact) mass is 263 g/mol. The largest absolute Gasteiger partial charge is 0.352 e. The molecule has 104 valence electrons. The van der Waals surface area contributed by atoms with E-state index in [1.54, 1.807) is 10.9 Å². The molecule has 1 amide bonds. The Balaban J connectivity index is 2.22. The number of amides is 1. The van der Waals surface area contributed by atoms with Crippen LogP contribution in [0.4, 0.5) is 0 Å². The van der Waals surface area contributed by atoms with Crippen LogP contribution in [0, 0.1) is 6.92 Å². The van der Waals surface area contributed by atoms with Crippen LogP contribution in [0.25, 0.3) is 11.0 Å². The average Bonchev–Trinajstić information content (AvgIpc) is 2.91. The maximum atomic E-state index is 11.9. The van der Waals surface area contributed by atoms with Gasteiger partial charge >= 0.3 is 0 Å². The Morgan fingerprint density at radius 1 is 1.42 bits per heavy atom. The molecule has 6 heteroatoms. The van der Waals surface area contributed by atoms with Crippen LogP contribution in [0.2, 0.25) is 0 Å². The van der Waals surface area contributed by atoms with Crippen molar-refractivity contribution in [1.29, 1.82) is 0 Å². The first-order valence-corrected chi connectivity index (χ1v) is 6.75. The number of rotatable bonds is 5. The zero-order valence-corrected chi connectivity index (χ0v) is 12.0. The van der Waals surface area contributed by atoms with E-state index >= 15 is 0 Å². The van der Waals surface area contributed by atoms with E-state index in [1.165, 1.54) is 0 Å². The predicted molar refractivity (Wildman–Crippen MR) is 73.8 cm³/mol. The van der Waals surface area contributed by atoms with Crippen molar-refractivity contribution in [2.75, 3.05) is 0 Å². The van der Waals surface area contributed by atoms with Gasteiger partial charge in [-0.3, -0.25) is 14.2 Å². The third-order valence-electron chi connectivity index (χ3n) is 3.32. The second kappa shape index (κ2) is 5.42. The zero-order chi connectivity index (χ0) is 14.0. The van der Waals surface area contributed by atoms with Gasteiger partial charge in [0.05, 0.1) is 11.9 Å². The van der Waals surface area contributed by atoms with Crippen molar-refractivity contribution in [2.45, 2.75) is 53.2 Å². The number of hydrogen-bond donors (Lipinski definition) is 1. The number of hydrogen-bond acceptors (Lipinski definition) is 3. The van der Waals surface area contributed by atoms with Crippen molar-refractivity contribution >= 4 is 16.9 Å². The molecule has 2 heterocycles. The summed E-state index contributed by atoms with van der Waals surface area (Å²) in [5, 5.41) is 11.7. The molecule has 0 aromatic carbocycles. The first-order valence-electron chi connectivity index (χ1n) is 6.75. The highest BCUT2D eigenvalue weighted by atomic mass is 16.2. The normalized spacial score (nSPS) is 12.8. The topological polar surface area (TPSA) is 64.7 Å². The van der Waals surface area contributed by atoms with E-state index in [-0.39, 0.29) is 18.5 Å². The van der Waals surface area contributed by atoms with E-state index < -0.39 is 0 Å². The summed E-state index contributed by atoms with van der Waals surface area (Å²) in [6.07, 6.45) is 2.70. The van der Waals surface area contributed by atoms with E-state index in [4.69, 9.17) is 0 Å². The van der Waals surface area contributed by atoms with Gasteiger partial charge in [0.15, 0.2) is 0 Å². The third kappa shape index (κ3) is 2.62. The Morgan fingerprint density at radius 3 is 2.79 bits per heavy atom. The molecule has 0 aliphatic carbocycles. The molecule has 0 fully saturated rings. The molecular formula is C13H21N5O. The molecule has 0 aliphatic rings. The molecule has 1 N–H and O–H groups in total. The van der Waals surface area contributed by atoms with Gasteiger partial charge in [0.25, 0.3) is 0 Å². The van der Waals surface area contributed by atoms with Crippen LogP contribution in [-0.2, 0) is 17.9 Å². The fraction of sp³-hybridized carbons (Fsp3) is 0.615. The van der Waals surface area contributed by atoms with Gasteiger partial charge < -0.3 is 5.32 Å². The summed E-state index contributed by atoms with van der Waals surface area (Å²) in [6.45, 7) is 9.07. The fourth-order valence-corrected chi connectivity index (χ4v) is 2.14. The summed E-state index contributed by atoms with van der Waals surface area (Å²) in [4.78, 5) is 11.9. The number of aryl methyl sites for hydroxylation is 2. The Morgan fingerprint density at radius 2 is 2.16 bits per heavy atom.